The molecule has 6 heteroatoms. The van der Waals surface area contributed by atoms with Crippen molar-refractivity contribution in [3.05, 3.63) is 17.9 Å². The van der Waals surface area contributed by atoms with E-state index in [4.69, 9.17) is 21.1 Å². The minimum atomic E-state index is 0.0511. The predicted octanol–water partition coefficient (Wildman–Crippen LogP) is 1.88. The third-order valence-corrected chi connectivity index (χ3v) is 1.50. The highest BCUT2D eigenvalue weighted by atomic mass is 35.5. The molecule has 0 N–H and O–H groups in total. The largest absolute Gasteiger partial charge is 0.463 e. The SMILES string of the molecule is C=CCOc1nc(Cl)nc(OCCC)n1. The fourth-order valence-corrected chi connectivity index (χ4v) is 0.915. The Morgan fingerprint density at radius 1 is 1.27 bits per heavy atom. The van der Waals surface area contributed by atoms with E-state index in [-0.39, 0.29) is 17.3 Å². The Balaban J connectivity index is 2.70. The average molecular weight is 230 g/mol. The number of aromatic nitrogens is 3. The van der Waals surface area contributed by atoms with Crippen molar-refractivity contribution < 1.29 is 9.47 Å². The molecular weight excluding hydrogens is 218 g/mol. The molecule has 0 aliphatic heterocycles. The van der Waals surface area contributed by atoms with Gasteiger partial charge in [0.05, 0.1) is 6.61 Å². The van der Waals surface area contributed by atoms with Crippen molar-refractivity contribution in [1.82, 2.24) is 15.0 Å². The van der Waals surface area contributed by atoms with E-state index in [1.54, 1.807) is 6.08 Å². The van der Waals surface area contributed by atoms with E-state index in [0.717, 1.165) is 6.42 Å². The monoisotopic (exact) mass is 229 g/mol. The minimum absolute atomic E-state index is 0.0511. The number of hydrogen-bond acceptors (Lipinski definition) is 5. The number of hydrogen-bond donors (Lipinski definition) is 0. The molecule has 0 aromatic carbocycles. The van der Waals surface area contributed by atoms with Crippen LogP contribution in [-0.2, 0) is 0 Å². The first kappa shape index (κ1) is 11.7. The van der Waals surface area contributed by atoms with Crippen LogP contribution >= 0.6 is 11.6 Å². The zero-order valence-corrected chi connectivity index (χ0v) is 9.20. The second-order valence-electron chi connectivity index (χ2n) is 2.62. The van der Waals surface area contributed by atoms with Crippen molar-refractivity contribution >= 4 is 11.6 Å². The lowest BCUT2D eigenvalue weighted by Crippen LogP contribution is -2.04. The summed E-state index contributed by atoms with van der Waals surface area (Å²) in [6.45, 7) is 6.34. The van der Waals surface area contributed by atoms with E-state index < -0.39 is 0 Å². The maximum atomic E-state index is 5.66. The Bertz CT molecular complexity index is 333. The van der Waals surface area contributed by atoms with Gasteiger partial charge in [0.2, 0.25) is 5.28 Å². The van der Waals surface area contributed by atoms with Crippen molar-refractivity contribution in [3.8, 4) is 12.0 Å². The molecule has 1 aromatic heterocycles. The second kappa shape index (κ2) is 6.19. The first-order valence-electron chi connectivity index (χ1n) is 4.54. The third-order valence-electron chi connectivity index (χ3n) is 1.33. The van der Waals surface area contributed by atoms with Gasteiger partial charge in [-0.15, -0.1) is 4.98 Å². The normalized spacial score (nSPS) is 9.73. The van der Waals surface area contributed by atoms with Crippen molar-refractivity contribution in [3.63, 3.8) is 0 Å². The summed E-state index contributed by atoms with van der Waals surface area (Å²) < 4.78 is 10.3. The molecule has 82 valence electrons. The average Bonchev–Trinajstić information content (AvgIpc) is 2.23. The number of nitrogens with zero attached hydrogens (tertiary/aromatic N) is 3. The lowest BCUT2D eigenvalue weighted by Gasteiger charge is -2.04. The molecule has 0 amide bonds. The molecule has 0 bridgehead atoms. The molecular formula is C9H12ClN3O2. The van der Waals surface area contributed by atoms with Crippen molar-refractivity contribution in [2.75, 3.05) is 13.2 Å². The molecule has 0 saturated heterocycles. The molecule has 0 aliphatic rings. The molecule has 1 heterocycles. The second-order valence-corrected chi connectivity index (χ2v) is 2.96. The molecule has 0 saturated carbocycles. The van der Waals surface area contributed by atoms with Crippen LogP contribution in [-0.4, -0.2) is 28.2 Å². The van der Waals surface area contributed by atoms with Gasteiger partial charge in [-0.1, -0.05) is 19.6 Å². The van der Waals surface area contributed by atoms with Gasteiger partial charge in [0.25, 0.3) is 0 Å². The summed E-state index contributed by atoms with van der Waals surface area (Å²) >= 11 is 5.66. The van der Waals surface area contributed by atoms with E-state index in [2.05, 4.69) is 21.5 Å². The quantitative estimate of drug-likeness (QED) is 0.697. The van der Waals surface area contributed by atoms with Gasteiger partial charge in [-0.05, 0) is 18.0 Å². The summed E-state index contributed by atoms with van der Waals surface area (Å²) in [7, 11) is 0. The van der Waals surface area contributed by atoms with Gasteiger partial charge in [-0.2, -0.15) is 9.97 Å². The van der Waals surface area contributed by atoms with E-state index in [1.165, 1.54) is 0 Å². The lowest BCUT2D eigenvalue weighted by atomic mass is 10.5. The van der Waals surface area contributed by atoms with Gasteiger partial charge < -0.3 is 9.47 Å². The van der Waals surface area contributed by atoms with Crippen LogP contribution in [0.25, 0.3) is 0 Å². The Morgan fingerprint density at radius 2 is 1.93 bits per heavy atom. The van der Waals surface area contributed by atoms with Gasteiger partial charge >= 0.3 is 12.0 Å². The van der Waals surface area contributed by atoms with Crippen LogP contribution in [0, 0.1) is 0 Å². The van der Waals surface area contributed by atoms with Crippen molar-refractivity contribution in [1.29, 1.82) is 0 Å². The zero-order chi connectivity index (χ0) is 11.1. The summed E-state index contributed by atoms with van der Waals surface area (Å²) in [5.41, 5.74) is 0. The summed E-state index contributed by atoms with van der Waals surface area (Å²) in [5.74, 6) is 0. The molecule has 0 unspecified atom stereocenters. The van der Waals surface area contributed by atoms with Crippen LogP contribution < -0.4 is 9.47 Å². The molecule has 0 fully saturated rings. The van der Waals surface area contributed by atoms with E-state index in [1.807, 2.05) is 6.92 Å². The van der Waals surface area contributed by atoms with E-state index >= 15 is 0 Å². The Labute approximate surface area is 93.1 Å². The molecule has 1 aromatic rings. The smallest absolute Gasteiger partial charge is 0.324 e. The number of halogens is 1. The fraction of sp³-hybridized carbons (Fsp3) is 0.444. The maximum Gasteiger partial charge on any atom is 0.324 e. The lowest BCUT2D eigenvalue weighted by molar-refractivity contribution is 0.274. The van der Waals surface area contributed by atoms with Gasteiger partial charge in [-0.3, -0.25) is 0 Å². The molecule has 1 rings (SSSR count). The first-order chi connectivity index (χ1) is 7.26. The van der Waals surface area contributed by atoms with Crippen LogP contribution in [0.4, 0.5) is 0 Å². The number of ether oxygens (including phenoxy) is 2. The van der Waals surface area contributed by atoms with Crippen LogP contribution in [0.2, 0.25) is 5.28 Å². The topological polar surface area (TPSA) is 57.1 Å². The third kappa shape index (κ3) is 4.12. The summed E-state index contributed by atoms with van der Waals surface area (Å²) in [5, 5.41) is 0.0511. The predicted molar refractivity (Wildman–Crippen MR) is 56.3 cm³/mol. The number of rotatable bonds is 6. The van der Waals surface area contributed by atoms with Crippen molar-refractivity contribution in [2.24, 2.45) is 0 Å². The minimum Gasteiger partial charge on any atom is -0.463 e. The standard InChI is InChI=1S/C9H12ClN3O2/c1-3-5-14-8-11-7(10)12-9(13-8)15-6-4-2/h3H,1,4-6H2,2H3. The van der Waals surface area contributed by atoms with E-state index in [9.17, 15) is 0 Å². The first-order valence-corrected chi connectivity index (χ1v) is 4.92. The van der Waals surface area contributed by atoms with Gasteiger partial charge in [-0.25, -0.2) is 0 Å². The summed E-state index contributed by atoms with van der Waals surface area (Å²) in [6, 6.07) is 0.317. The van der Waals surface area contributed by atoms with Gasteiger partial charge in [0.1, 0.15) is 6.61 Å². The Hall–Kier alpha value is -1.36. The van der Waals surface area contributed by atoms with Gasteiger partial charge in [0.15, 0.2) is 0 Å². The molecule has 0 atom stereocenters. The van der Waals surface area contributed by atoms with E-state index in [0.29, 0.717) is 13.2 Å². The highest BCUT2D eigenvalue weighted by molar-refractivity contribution is 6.28. The highest BCUT2D eigenvalue weighted by Crippen LogP contribution is 2.12. The van der Waals surface area contributed by atoms with Crippen molar-refractivity contribution in [2.45, 2.75) is 13.3 Å². The molecule has 15 heavy (non-hydrogen) atoms. The fourth-order valence-electron chi connectivity index (χ4n) is 0.771. The van der Waals surface area contributed by atoms with Crippen LogP contribution in [0.1, 0.15) is 13.3 Å². The van der Waals surface area contributed by atoms with Crippen LogP contribution in [0.5, 0.6) is 12.0 Å². The Morgan fingerprint density at radius 3 is 2.53 bits per heavy atom. The van der Waals surface area contributed by atoms with Gasteiger partial charge in [0, 0.05) is 0 Å². The highest BCUT2D eigenvalue weighted by Gasteiger charge is 2.06. The Kier molecular flexibility index (Phi) is 4.83. The molecule has 5 nitrogen and oxygen atoms in total. The van der Waals surface area contributed by atoms with Crippen LogP contribution in [0.15, 0.2) is 12.7 Å². The van der Waals surface area contributed by atoms with Crippen LogP contribution in [0.3, 0.4) is 0 Å². The summed E-state index contributed by atoms with van der Waals surface area (Å²) in [4.78, 5) is 11.5. The molecule has 0 aliphatic carbocycles. The molecule has 0 spiro atoms. The maximum absolute atomic E-state index is 5.66. The summed E-state index contributed by atoms with van der Waals surface area (Å²) in [6.07, 6.45) is 2.45. The zero-order valence-electron chi connectivity index (χ0n) is 8.44. The molecule has 0 radical (unpaired) electrons.